The minimum atomic E-state index is -0.470. The maximum absolute atomic E-state index is 11.5. The summed E-state index contributed by atoms with van der Waals surface area (Å²) in [5.74, 6) is 0.165. The van der Waals surface area contributed by atoms with Gasteiger partial charge in [-0.1, -0.05) is 83.1 Å². The molecule has 0 aliphatic rings. The Morgan fingerprint density at radius 2 is 0.574 bits per heavy atom. The molecule has 10 nitrogen and oxygen atoms in total. The number of hydrogen-bond donors (Lipinski definition) is 2. The minimum Gasteiger partial charge on any atom is -0.460 e. The van der Waals surface area contributed by atoms with E-state index < -0.39 is 11.2 Å². The van der Waals surface area contributed by atoms with Gasteiger partial charge in [0, 0.05) is 52.0 Å². The molecule has 0 atom stereocenters. The van der Waals surface area contributed by atoms with Crippen molar-refractivity contribution >= 4 is 35.1 Å². The van der Waals surface area contributed by atoms with Gasteiger partial charge < -0.3 is 20.1 Å². The molecule has 0 aromatic carbocycles. The van der Waals surface area contributed by atoms with Crippen LogP contribution < -0.4 is 10.6 Å². The van der Waals surface area contributed by atoms with Crippen LogP contribution in [-0.2, 0) is 38.2 Å². The van der Waals surface area contributed by atoms with Crippen molar-refractivity contribution in [3.8, 4) is 0 Å². The van der Waals surface area contributed by atoms with Gasteiger partial charge in [-0.05, 0) is 83.1 Å². The Morgan fingerprint density at radius 1 is 0.333 bits per heavy atom. The van der Waals surface area contributed by atoms with Crippen molar-refractivity contribution in [3.63, 3.8) is 0 Å². The predicted molar refractivity (Wildman–Crippen MR) is 224 cm³/mol. The second-order valence-corrected chi connectivity index (χ2v) is 22.1. The molecule has 0 aliphatic carbocycles. The van der Waals surface area contributed by atoms with E-state index >= 15 is 0 Å². The van der Waals surface area contributed by atoms with E-state index in [1.165, 1.54) is 0 Å². The van der Waals surface area contributed by atoms with Crippen LogP contribution in [0.15, 0.2) is 0 Å². The first-order chi connectivity index (χ1) is 23.3. The molecule has 54 heavy (non-hydrogen) atoms. The van der Waals surface area contributed by atoms with Crippen molar-refractivity contribution in [2.75, 3.05) is 13.1 Å². The summed E-state index contributed by atoms with van der Waals surface area (Å²) < 4.78 is 10.2. The molecular formula is C44H86N2O8. The van der Waals surface area contributed by atoms with Crippen LogP contribution in [-0.4, -0.2) is 70.4 Å². The van der Waals surface area contributed by atoms with Crippen LogP contribution in [0.1, 0.15) is 192 Å². The summed E-state index contributed by atoms with van der Waals surface area (Å²) in [4.78, 5) is 68.6. The Morgan fingerprint density at radius 3 is 0.815 bits per heavy atom. The Balaban J connectivity index is -0.000000310. The molecule has 0 aromatic heterocycles. The summed E-state index contributed by atoms with van der Waals surface area (Å²) in [5, 5.41) is 6.25. The van der Waals surface area contributed by atoms with Crippen LogP contribution in [0.2, 0.25) is 0 Å². The number of ether oxygens (including phenoxy) is 2. The molecule has 0 rings (SSSR count). The lowest BCUT2D eigenvalue weighted by molar-refractivity contribution is -0.156. The summed E-state index contributed by atoms with van der Waals surface area (Å²) in [5.41, 5.74) is -2.12. The van der Waals surface area contributed by atoms with Crippen LogP contribution in [0.5, 0.6) is 0 Å². The van der Waals surface area contributed by atoms with Gasteiger partial charge in [0.2, 0.25) is 0 Å². The van der Waals surface area contributed by atoms with Gasteiger partial charge in [0.25, 0.3) is 0 Å². The minimum absolute atomic E-state index is 0.0287. The van der Waals surface area contributed by atoms with Crippen LogP contribution in [0.25, 0.3) is 0 Å². The number of carbonyl (C=O) groups is 6. The van der Waals surface area contributed by atoms with Gasteiger partial charge in [-0.2, -0.15) is 0 Å². The molecule has 0 spiro atoms. The fourth-order valence-corrected chi connectivity index (χ4v) is 3.29. The highest BCUT2D eigenvalue weighted by molar-refractivity contribution is 5.90. The first-order valence-electron chi connectivity index (χ1n) is 19.4. The summed E-state index contributed by atoms with van der Waals surface area (Å²) in [6, 6.07) is 0. The van der Waals surface area contributed by atoms with Crippen molar-refractivity contribution in [3.05, 3.63) is 0 Å². The van der Waals surface area contributed by atoms with E-state index in [2.05, 4.69) is 31.4 Å². The molecule has 320 valence electrons. The number of esters is 2. The third-order valence-electron chi connectivity index (χ3n) is 6.86. The lowest BCUT2D eigenvalue weighted by Crippen LogP contribution is -2.42. The molecule has 0 radical (unpaired) electrons. The fourth-order valence-electron chi connectivity index (χ4n) is 3.29. The zero-order chi connectivity index (χ0) is 44.5. The molecule has 0 saturated heterocycles. The normalized spacial score (nSPS) is 12.7. The number of nitrogens with one attached hydrogen (secondary N) is 2. The van der Waals surface area contributed by atoms with Crippen LogP contribution in [0, 0.1) is 21.7 Å². The molecular weight excluding hydrogens is 684 g/mol. The zero-order valence-corrected chi connectivity index (χ0v) is 39.5. The Hall–Kier alpha value is -2.46. The Labute approximate surface area is 332 Å². The highest BCUT2D eigenvalue weighted by atomic mass is 16.6. The monoisotopic (exact) mass is 771 g/mol. The first kappa shape index (κ1) is 58.3. The fraction of sp³-hybridized carbons (Fsp3) is 0.864. The van der Waals surface area contributed by atoms with E-state index in [0.717, 1.165) is 0 Å². The van der Waals surface area contributed by atoms with Crippen molar-refractivity contribution in [1.29, 1.82) is 0 Å². The Bertz CT molecular complexity index is 1150. The van der Waals surface area contributed by atoms with Gasteiger partial charge in [0.15, 0.2) is 5.78 Å². The first-order valence-corrected chi connectivity index (χ1v) is 19.4. The smallest absolute Gasteiger partial charge is 0.320 e. The molecule has 0 bridgehead atoms. The molecule has 0 heterocycles. The molecule has 0 amide bonds. The number of hydrogen-bond acceptors (Lipinski definition) is 10. The molecule has 10 heteroatoms. The largest absolute Gasteiger partial charge is 0.460 e. The predicted octanol–water partition coefficient (Wildman–Crippen LogP) is 9.43. The van der Waals surface area contributed by atoms with Crippen molar-refractivity contribution in [2.24, 2.45) is 21.7 Å². The van der Waals surface area contributed by atoms with Crippen molar-refractivity contribution < 1.29 is 38.2 Å². The Kier molecular flexibility index (Phi) is 24.7. The lowest BCUT2D eigenvalue weighted by Gasteiger charge is -2.23. The summed E-state index contributed by atoms with van der Waals surface area (Å²) in [7, 11) is 0. The van der Waals surface area contributed by atoms with E-state index in [0.29, 0.717) is 19.4 Å². The van der Waals surface area contributed by atoms with E-state index in [9.17, 15) is 28.8 Å². The maximum atomic E-state index is 11.5. The van der Waals surface area contributed by atoms with Gasteiger partial charge in [0.05, 0.1) is 19.5 Å². The SMILES string of the molecule is CC(C)(C)C(=O)CCC(=O)C(C)(C)C.CC(C)(C)NCC(=O)C(C)(C)C.CC(C)(C)NCC(=O)OC(C)(C)C.CC(C)(C)OC(=O)CCC(=O)C(C)(C)C. The number of ketones is 4. The molecule has 0 aliphatic heterocycles. The highest BCUT2D eigenvalue weighted by Gasteiger charge is 2.26. The molecule has 0 fully saturated rings. The second-order valence-electron chi connectivity index (χ2n) is 22.1. The average molecular weight is 771 g/mol. The highest BCUT2D eigenvalue weighted by Crippen LogP contribution is 2.22. The zero-order valence-electron chi connectivity index (χ0n) is 39.5. The van der Waals surface area contributed by atoms with Crippen molar-refractivity contribution in [2.45, 2.75) is 214 Å². The number of carbonyl (C=O) groups excluding carboxylic acids is 6. The van der Waals surface area contributed by atoms with Gasteiger partial charge in [-0.3, -0.25) is 28.8 Å². The van der Waals surface area contributed by atoms with Crippen molar-refractivity contribution in [1.82, 2.24) is 10.6 Å². The van der Waals surface area contributed by atoms with Crippen LogP contribution in [0.3, 0.4) is 0 Å². The van der Waals surface area contributed by atoms with Gasteiger partial charge in [-0.15, -0.1) is 0 Å². The van der Waals surface area contributed by atoms with E-state index in [-0.39, 0.29) is 87.2 Å². The standard InChI is InChI=1S/C12H22O3.C12H22O2.C10H21NO2.C10H21NO/c1-11(2,3)9(13)7-8-10(14)15-12(4,5)6;1-11(2,3)9(13)7-8-10(14)12(4,5)6;1-9(2,3)11-7-8(12)13-10(4,5)6;1-9(2,3)8(12)7-11-10(4,5)6/h7-8H2,1-6H3;7-8H2,1-6H3;11H,7H2,1-6H3;11H,7H2,1-6H3. The van der Waals surface area contributed by atoms with E-state index in [1.807, 2.05) is 145 Å². The number of rotatable bonds is 10. The van der Waals surface area contributed by atoms with Crippen LogP contribution >= 0.6 is 0 Å². The average Bonchev–Trinajstić information content (AvgIpc) is 2.88. The molecule has 0 saturated carbocycles. The molecule has 0 aromatic rings. The summed E-state index contributed by atoms with van der Waals surface area (Å²) in [6.07, 6.45) is 1.19. The number of Topliss-reactive ketones (excluding diaryl/α,β-unsaturated/α-hetero) is 4. The quantitative estimate of drug-likeness (QED) is 0.206. The lowest BCUT2D eigenvalue weighted by atomic mass is 9.83. The molecule has 0 unspecified atom stereocenters. The van der Waals surface area contributed by atoms with Gasteiger partial charge >= 0.3 is 11.9 Å². The van der Waals surface area contributed by atoms with E-state index in [4.69, 9.17) is 9.47 Å². The molecule has 2 N–H and O–H groups in total. The van der Waals surface area contributed by atoms with Gasteiger partial charge in [-0.25, -0.2) is 0 Å². The van der Waals surface area contributed by atoms with E-state index in [1.54, 1.807) is 0 Å². The summed E-state index contributed by atoms with van der Waals surface area (Å²) in [6.45, 7) is 46.7. The van der Waals surface area contributed by atoms with Crippen LogP contribution in [0.4, 0.5) is 0 Å². The topological polar surface area (TPSA) is 145 Å². The van der Waals surface area contributed by atoms with Gasteiger partial charge in [0.1, 0.15) is 28.6 Å². The third-order valence-corrected chi connectivity index (χ3v) is 6.86. The third kappa shape index (κ3) is 40.7. The summed E-state index contributed by atoms with van der Waals surface area (Å²) >= 11 is 0. The maximum Gasteiger partial charge on any atom is 0.320 e. The second kappa shape index (κ2) is 22.9.